The van der Waals surface area contributed by atoms with Crippen LogP contribution in [0.2, 0.25) is 0 Å². The molecule has 108 valence electrons. The molecule has 6 heteroatoms. The molecule has 0 aliphatic heterocycles. The van der Waals surface area contributed by atoms with Crippen molar-refractivity contribution < 1.29 is 8.78 Å². The number of rotatable bonds is 2. The van der Waals surface area contributed by atoms with Crippen molar-refractivity contribution in [2.45, 2.75) is 0 Å². The summed E-state index contributed by atoms with van der Waals surface area (Å²) in [5.74, 6) is -1.20. The highest BCUT2D eigenvalue weighted by Crippen LogP contribution is 2.33. The molecule has 0 atom stereocenters. The molecule has 3 nitrogen and oxygen atoms in total. The molecular weight excluding hydrogens is 304 g/mol. The number of aromatic amines is 1. The molecule has 0 unspecified atom stereocenters. The highest BCUT2D eigenvalue weighted by Gasteiger charge is 2.12. The van der Waals surface area contributed by atoms with Crippen molar-refractivity contribution in [3.8, 4) is 21.6 Å². The predicted octanol–water partition coefficient (Wildman–Crippen LogP) is 4.63. The molecule has 0 saturated carbocycles. The van der Waals surface area contributed by atoms with E-state index in [1.807, 2.05) is 12.3 Å². The number of hydrogen-bond acceptors (Lipinski definition) is 3. The van der Waals surface area contributed by atoms with Gasteiger partial charge >= 0.3 is 0 Å². The summed E-state index contributed by atoms with van der Waals surface area (Å²) in [5, 5.41) is 0.880. The van der Waals surface area contributed by atoms with E-state index in [2.05, 4.69) is 15.0 Å². The van der Waals surface area contributed by atoms with Crippen LogP contribution in [-0.4, -0.2) is 15.0 Å². The summed E-state index contributed by atoms with van der Waals surface area (Å²) < 4.78 is 27.0. The Morgan fingerprint density at radius 2 is 1.95 bits per heavy atom. The van der Waals surface area contributed by atoms with Crippen molar-refractivity contribution in [1.82, 2.24) is 15.0 Å². The highest BCUT2D eigenvalue weighted by molar-refractivity contribution is 7.13. The Balaban J connectivity index is 1.91. The molecule has 4 rings (SSSR count). The van der Waals surface area contributed by atoms with Crippen LogP contribution in [0.4, 0.5) is 8.78 Å². The van der Waals surface area contributed by atoms with Gasteiger partial charge in [0.15, 0.2) is 0 Å². The predicted molar refractivity (Wildman–Crippen MR) is 82.6 cm³/mol. The Kier molecular flexibility index (Phi) is 2.97. The van der Waals surface area contributed by atoms with Gasteiger partial charge in [-0.05, 0) is 18.2 Å². The molecule has 1 N–H and O–H groups in total. The van der Waals surface area contributed by atoms with E-state index < -0.39 is 11.6 Å². The number of nitrogens with one attached hydrogen (secondary N) is 1. The first-order chi connectivity index (χ1) is 10.7. The molecule has 0 amide bonds. The maximum absolute atomic E-state index is 14.0. The molecule has 0 aliphatic rings. The Labute approximate surface area is 128 Å². The summed E-state index contributed by atoms with van der Waals surface area (Å²) in [7, 11) is 0. The lowest BCUT2D eigenvalue weighted by molar-refractivity contribution is 0.585. The van der Waals surface area contributed by atoms with Gasteiger partial charge in [0.2, 0.25) is 0 Å². The van der Waals surface area contributed by atoms with E-state index in [-0.39, 0.29) is 0 Å². The SMILES string of the molecule is Fc1ccc(-c2cnc3[nH]cc(-c4cncs4)c3c2)c(F)c1. The fourth-order valence-electron chi connectivity index (χ4n) is 2.43. The van der Waals surface area contributed by atoms with E-state index in [0.29, 0.717) is 11.1 Å². The van der Waals surface area contributed by atoms with Crippen LogP contribution in [0.5, 0.6) is 0 Å². The van der Waals surface area contributed by atoms with Crippen molar-refractivity contribution >= 4 is 22.4 Å². The number of H-pyrrole nitrogens is 1. The van der Waals surface area contributed by atoms with Gasteiger partial charge in [-0.15, -0.1) is 11.3 Å². The summed E-state index contributed by atoms with van der Waals surface area (Å²) in [5.41, 5.74) is 4.37. The van der Waals surface area contributed by atoms with Gasteiger partial charge in [0, 0.05) is 46.7 Å². The van der Waals surface area contributed by atoms with Gasteiger partial charge in [-0.3, -0.25) is 4.98 Å². The van der Waals surface area contributed by atoms with Crippen LogP contribution in [0.15, 0.2) is 48.4 Å². The molecule has 0 bridgehead atoms. The van der Waals surface area contributed by atoms with E-state index in [0.717, 1.165) is 27.5 Å². The third-order valence-electron chi connectivity index (χ3n) is 3.47. The zero-order valence-corrected chi connectivity index (χ0v) is 12.0. The number of aromatic nitrogens is 3. The normalized spacial score (nSPS) is 11.2. The Morgan fingerprint density at radius 1 is 1.05 bits per heavy atom. The van der Waals surface area contributed by atoms with Gasteiger partial charge in [0.1, 0.15) is 17.3 Å². The largest absolute Gasteiger partial charge is 0.345 e. The van der Waals surface area contributed by atoms with Crippen LogP contribution in [0.25, 0.3) is 32.6 Å². The lowest BCUT2D eigenvalue weighted by atomic mass is 10.0. The number of fused-ring (bicyclic) bond motifs is 1. The minimum Gasteiger partial charge on any atom is -0.345 e. The Morgan fingerprint density at radius 3 is 2.73 bits per heavy atom. The second-order valence-corrected chi connectivity index (χ2v) is 5.70. The van der Waals surface area contributed by atoms with Crippen LogP contribution in [0.3, 0.4) is 0 Å². The molecule has 1 aromatic carbocycles. The molecular formula is C16H9F2N3S. The summed E-state index contributed by atoms with van der Waals surface area (Å²) in [6, 6.07) is 5.39. The molecule has 0 radical (unpaired) electrons. The fraction of sp³-hybridized carbons (Fsp3) is 0. The first kappa shape index (κ1) is 13.1. The lowest BCUT2D eigenvalue weighted by Gasteiger charge is -2.04. The number of halogens is 2. The first-order valence-corrected chi connectivity index (χ1v) is 7.42. The number of nitrogens with zero attached hydrogens (tertiary/aromatic N) is 2. The lowest BCUT2D eigenvalue weighted by Crippen LogP contribution is -1.88. The van der Waals surface area contributed by atoms with Crippen LogP contribution < -0.4 is 0 Å². The van der Waals surface area contributed by atoms with E-state index in [1.165, 1.54) is 23.5 Å². The average Bonchev–Trinajstić information content (AvgIpc) is 3.15. The quantitative estimate of drug-likeness (QED) is 0.586. The molecule has 3 heterocycles. The molecule has 0 fully saturated rings. The van der Waals surface area contributed by atoms with Crippen LogP contribution in [-0.2, 0) is 0 Å². The zero-order valence-electron chi connectivity index (χ0n) is 11.2. The molecule has 0 aliphatic carbocycles. The average molecular weight is 313 g/mol. The number of thiazole rings is 1. The van der Waals surface area contributed by atoms with Crippen LogP contribution in [0.1, 0.15) is 0 Å². The maximum Gasteiger partial charge on any atom is 0.137 e. The van der Waals surface area contributed by atoms with Gasteiger partial charge in [0.05, 0.1) is 10.4 Å². The molecule has 0 spiro atoms. The van der Waals surface area contributed by atoms with Gasteiger partial charge in [-0.2, -0.15) is 0 Å². The van der Waals surface area contributed by atoms with Gasteiger partial charge in [-0.25, -0.2) is 13.8 Å². The Hall–Kier alpha value is -2.60. The molecule has 0 saturated heterocycles. The topological polar surface area (TPSA) is 41.6 Å². The molecule has 22 heavy (non-hydrogen) atoms. The smallest absolute Gasteiger partial charge is 0.137 e. The number of benzene rings is 1. The summed E-state index contributed by atoms with van der Waals surface area (Å²) >= 11 is 1.52. The standard InChI is InChI=1S/C16H9F2N3S/c17-10-1-2-11(14(18)4-10)9-3-12-13(15-7-19-8-22-15)6-21-16(12)20-5-9/h1-8H,(H,20,21). The van der Waals surface area contributed by atoms with Crippen molar-refractivity contribution in [2.75, 3.05) is 0 Å². The van der Waals surface area contributed by atoms with Crippen molar-refractivity contribution in [1.29, 1.82) is 0 Å². The summed E-state index contributed by atoms with van der Waals surface area (Å²) in [6.45, 7) is 0. The van der Waals surface area contributed by atoms with Gasteiger partial charge in [0.25, 0.3) is 0 Å². The van der Waals surface area contributed by atoms with E-state index in [9.17, 15) is 8.78 Å². The molecule has 3 aromatic heterocycles. The Bertz CT molecular complexity index is 961. The molecule has 4 aromatic rings. The summed E-state index contributed by atoms with van der Waals surface area (Å²) in [6.07, 6.45) is 5.21. The van der Waals surface area contributed by atoms with Crippen molar-refractivity contribution in [2.24, 2.45) is 0 Å². The van der Waals surface area contributed by atoms with E-state index in [4.69, 9.17) is 0 Å². The second kappa shape index (κ2) is 4.99. The van der Waals surface area contributed by atoms with Crippen LogP contribution >= 0.6 is 11.3 Å². The fourth-order valence-corrected chi connectivity index (χ4v) is 3.08. The summed E-state index contributed by atoms with van der Waals surface area (Å²) in [4.78, 5) is 12.5. The third-order valence-corrected chi connectivity index (χ3v) is 4.28. The van der Waals surface area contributed by atoms with E-state index >= 15 is 0 Å². The first-order valence-electron chi connectivity index (χ1n) is 6.54. The van der Waals surface area contributed by atoms with Gasteiger partial charge in [-0.1, -0.05) is 0 Å². The van der Waals surface area contributed by atoms with E-state index in [1.54, 1.807) is 17.9 Å². The second-order valence-electron chi connectivity index (χ2n) is 4.81. The maximum atomic E-state index is 14.0. The van der Waals surface area contributed by atoms with Gasteiger partial charge < -0.3 is 4.98 Å². The number of hydrogen-bond donors (Lipinski definition) is 1. The van der Waals surface area contributed by atoms with Crippen molar-refractivity contribution in [3.05, 3.63) is 60.0 Å². The highest BCUT2D eigenvalue weighted by atomic mass is 32.1. The van der Waals surface area contributed by atoms with Crippen molar-refractivity contribution in [3.63, 3.8) is 0 Å². The monoisotopic (exact) mass is 313 g/mol. The third kappa shape index (κ3) is 2.08. The zero-order chi connectivity index (χ0) is 15.1. The number of pyridine rings is 1. The van der Waals surface area contributed by atoms with Crippen LogP contribution in [0, 0.1) is 11.6 Å². The minimum atomic E-state index is -0.601. The minimum absolute atomic E-state index is 0.326.